The second-order valence-electron chi connectivity index (χ2n) is 11.0. The van der Waals surface area contributed by atoms with Crippen molar-refractivity contribution in [1.82, 2.24) is 17.9 Å². The van der Waals surface area contributed by atoms with Crippen molar-refractivity contribution in [3.8, 4) is 11.4 Å². The number of benzene rings is 5. The van der Waals surface area contributed by atoms with E-state index in [0.717, 1.165) is 0 Å². The number of nitrogens with zero attached hydrogens (tertiary/aromatic N) is 4. The molecule has 11 rings (SSSR count). The van der Waals surface area contributed by atoms with E-state index in [1.165, 1.54) is 82.9 Å². The molecule has 0 radical (unpaired) electrons. The molecule has 4 nitrogen and oxygen atoms in total. The zero-order valence-electron chi connectivity index (χ0n) is 20.8. The van der Waals surface area contributed by atoms with E-state index in [1.54, 1.807) is 0 Å². The Hall–Kier alpha value is -5.16. The lowest BCUT2D eigenvalue weighted by Gasteiger charge is -2.32. The number of para-hydroxylation sites is 5. The SMILES string of the molecule is c1cc2c3c(c1)-n1c4ccccc4n4c5ccccc5c(c14)B3c1cccc3c1n-2c1cc2ccccc2n31. The van der Waals surface area contributed by atoms with Crippen molar-refractivity contribution in [2.75, 3.05) is 0 Å². The number of hydrogen-bond donors (Lipinski definition) is 0. The standard InChI is InChI=1S/C34H19BN4/c1-3-12-23-20(9-1)19-30-36(23)29-18-7-11-22-33(29)39(30)28-17-8-16-27-32(28)35(22)31-21-10-2-4-13-24(21)37-25-14-5-6-15-26(25)38(27)34(31)37/h1-19H. The second-order valence-corrected chi connectivity index (χ2v) is 11.0. The summed E-state index contributed by atoms with van der Waals surface area (Å²) in [5.41, 5.74) is 16.9. The molecule has 5 heteroatoms. The van der Waals surface area contributed by atoms with Crippen molar-refractivity contribution in [2.45, 2.75) is 0 Å². The second kappa shape index (κ2) is 6.11. The molecule has 178 valence electrons. The van der Waals surface area contributed by atoms with E-state index in [-0.39, 0.29) is 6.71 Å². The Morgan fingerprint density at radius 2 is 1.18 bits per heavy atom. The van der Waals surface area contributed by atoms with Crippen molar-refractivity contribution < 1.29 is 0 Å². The molecule has 4 aromatic heterocycles. The summed E-state index contributed by atoms with van der Waals surface area (Å²) < 4.78 is 9.97. The van der Waals surface area contributed by atoms with Crippen LogP contribution in [-0.4, -0.2) is 24.6 Å². The monoisotopic (exact) mass is 494 g/mol. The van der Waals surface area contributed by atoms with Gasteiger partial charge in [0.2, 0.25) is 0 Å². The Bertz CT molecular complexity index is 2570. The van der Waals surface area contributed by atoms with E-state index in [9.17, 15) is 0 Å². The van der Waals surface area contributed by atoms with Crippen molar-refractivity contribution in [3.05, 3.63) is 115 Å². The third kappa shape index (κ3) is 1.91. The van der Waals surface area contributed by atoms with Crippen LogP contribution in [-0.2, 0) is 0 Å². The summed E-state index contributed by atoms with van der Waals surface area (Å²) in [6.45, 7) is 0.157. The molecule has 0 atom stereocenters. The molecule has 0 spiro atoms. The zero-order valence-corrected chi connectivity index (χ0v) is 20.8. The summed E-state index contributed by atoms with van der Waals surface area (Å²) in [5.74, 6) is 0. The van der Waals surface area contributed by atoms with Crippen LogP contribution in [0.3, 0.4) is 0 Å². The van der Waals surface area contributed by atoms with E-state index in [1.807, 2.05) is 0 Å². The van der Waals surface area contributed by atoms with Crippen LogP contribution in [0.2, 0.25) is 0 Å². The minimum Gasteiger partial charge on any atom is -0.295 e. The van der Waals surface area contributed by atoms with Crippen LogP contribution < -0.4 is 16.4 Å². The van der Waals surface area contributed by atoms with Gasteiger partial charge in [-0.05, 0) is 70.3 Å². The molecule has 0 aliphatic carbocycles. The fourth-order valence-electron chi connectivity index (χ4n) is 8.00. The smallest absolute Gasteiger partial charge is 0.255 e. The lowest BCUT2D eigenvalue weighted by atomic mass is 9.34. The first-order valence-corrected chi connectivity index (χ1v) is 13.6. The Morgan fingerprint density at radius 3 is 2.08 bits per heavy atom. The van der Waals surface area contributed by atoms with Crippen LogP contribution in [0.4, 0.5) is 0 Å². The van der Waals surface area contributed by atoms with E-state index in [4.69, 9.17) is 0 Å². The van der Waals surface area contributed by atoms with Gasteiger partial charge in [-0.15, -0.1) is 0 Å². The maximum absolute atomic E-state index is 2.52. The molecular weight excluding hydrogens is 475 g/mol. The molecule has 2 aliphatic heterocycles. The van der Waals surface area contributed by atoms with Crippen LogP contribution in [0, 0.1) is 0 Å². The first-order valence-electron chi connectivity index (χ1n) is 13.6. The van der Waals surface area contributed by atoms with Crippen molar-refractivity contribution in [3.63, 3.8) is 0 Å². The highest BCUT2D eigenvalue weighted by molar-refractivity contribution is 7.01. The van der Waals surface area contributed by atoms with E-state index >= 15 is 0 Å². The fourth-order valence-corrected chi connectivity index (χ4v) is 8.00. The molecule has 39 heavy (non-hydrogen) atoms. The molecule has 0 bridgehead atoms. The van der Waals surface area contributed by atoms with Crippen molar-refractivity contribution in [2.24, 2.45) is 0 Å². The van der Waals surface area contributed by atoms with Gasteiger partial charge in [0, 0.05) is 16.8 Å². The van der Waals surface area contributed by atoms with Crippen molar-refractivity contribution >= 4 is 78.3 Å². The van der Waals surface area contributed by atoms with E-state index in [0.29, 0.717) is 0 Å². The van der Waals surface area contributed by atoms with Gasteiger partial charge in [-0.25, -0.2) is 0 Å². The van der Waals surface area contributed by atoms with Gasteiger partial charge in [0.1, 0.15) is 11.3 Å². The molecule has 0 unspecified atom stereocenters. The number of rotatable bonds is 0. The maximum Gasteiger partial charge on any atom is 0.255 e. The van der Waals surface area contributed by atoms with E-state index < -0.39 is 0 Å². The number of imidazole rings is 2. The molecule has 0 amide bonds. The number of fused-ring (bicyclic) bond motifs is 15. The van der Waals surface area contributed by atoms with Gasteiger partial charge in [0.05, 0.1) is 33.1 Å². The first kappa shape index (κ1) is 19.0. The third-order valence-corrected chi connectivity index (χ3v) is 9.32. The Labute approximate surface area is 222 Å². The summed E-state index contributed by atoms with van der Waals surface area (Å²) in [6.07, 6.45) is 0. The summed E-state index contributed by atoms with van der Waals surface area (Å²) in [5, 5.41) is 2.61. The van der Waals surface area contributed by atoms with Gasteiger partial charge < -0.3 is 0 Å². The Kier molecular flexibility index (Phi) is 2.97. The summed E-state index contributed by atoms with van der Waals surface area (Å²) in [6, 6.07) is 42.7. The van der Waals surface area contributed by atoms with Crippen molar-refractivity contribution in [1.29, 1.82) is 0 Å². The van der Waals surface area contributed by atoms with Crippen LogP contribution >= 0.6 is 0 Å². The van der Waals surface area contributed by atoms with E-state index in [2.05, 4.69) is 133 Å². The van der Waals surface area contributed by atoms with Gasteiger partial charge >= 0.3 is 0 Å². The number of hydrogen-bond acceptors (Lipinski definition) is 0. The molecule has 0 saturated heterocycles. The molecule has 5 aromatic carbocycles. The van der Waals surface area contributed by atoms with Gasteiger partial charge in [-0.3, -0.25) is 17.9 Å². The average molecular weight is 494 g/mol. The molecule has 9 aromatic rings. The zero-order chi connectivity index (χ0) is 25.0. The molecule has 0 N–H and O–H groups in total. The molecule has 0 saturated carbocycles. The van der Waals surface area contributed by atoms with Crippen LogP contribution in [0.15, 0.2) is 115 Å². The molecule has 2 aliphatic rings. The van der Waals surface area contributed by atoms with Gasteiger partial charge in [-0.1, -0.05) is 66.7 Å². The van der Waals surface area contributed by atoms with Crippen LogP contribution in [0.5, 0.6) is 0 Å². The lowest BCUT2D eigenvalue weighted by Crippen LogP contribution is -2.59. The fraction of sp³-hybridized carbons (Fsp3) is 0. The van der Waals surface area contributed by atoms with Gasteiger partial charge in [0.15, 0.2) is 0 Å². The molecular formula is C34H19BN4. The third-order valence-electron chi connectivity index (χ3n) is 9.32. The average Bonchev–Trinajstić information content (AvgIpc) is 3.71. The molecule has 0 fully saturated rings. The Balaban J connectivity index is 1.44. The summed E-state index contributed by atoms with van der Waals surface area (Å²) in [7, 11) is 0. The number of aromatic nitrogens is 4. The first-order chi connectivity index (χ1) is 19.4. The Morgan fingerprint density at radius 1 is 0.487 bits per heavy atom. The largest absolute Gasteiger partial charge is 0.295 e. The topological polar surface area (TPSA) is 18.7 Å². The highest BCUT2D eigenvalue weighted by Crippen LogP contribution is 2.38. The highest BCUT2D eigenvalue weighted by Gasteiger charge is 2.42. The van der Waals surface area contributed by atoms with Gasteiger partial charge in [0.25, 0.3) is 6.71 Å². The summed E-state index contributed by atoms with van der Waals surface area (Å²) >= 11 is 0. The van der Waals surface area contributed by atoms with Crippen LogP contribution in [0.1, 0.15) is 0 Å². The highest BCUT2D eigenvalue weighted by atomic mass is 15.2. The van der Waals surface area contributed by atoms with Gasteiger partial charge in [-0.2, -0.15) is 0 Å². The lowest BCUT2D eigenvalue weighted by molar-refractivity contribution is 1.12. The predicted octanol–water partition coefficient (Wildman–Crippen LogP) is 5.53. The van der Waals surface area contributed by atoms with Crippen LogP contribution in [0.25, 0.3) is 66.5 Å². The quantitative estimate of drug-likeness (QED) is 0.247. The molecule has 6 heterocycles. The minimum absolute atomic E-state index is 0.157. The normalized spacial score (nSPS) is 13.6. The minimum atomic E-state index is 0.157. The predicted molar refractivity (Wildman–Crippen MR) is 162 cm³/mol. The summed E-state index contributed by atoms with van der Waals surface area (Å²) in [4.78, 5) is 0. The maximum atomic E-state index is 2.52.